The van der Waals surface area contributed by atoms with Crippen molar-refractivity contribution in [2.24, 2.45) is 0 Å². The number of carboxylic acid groups (broad SMARTS) is 1. The van der Waals surface area contributed by atoms with Gasteiger partial charge in [0.2, 0.25) is 0 Å². The van der Waals surface area contributed by atoms with Gasteiger partial charge in [-0.25, -0.2) is 0 Å². The molecule has 4 aromatic rings. The Morgan fingerprint density at radius 1 is 0.878 bits per heavy atom. The summed E-state index contributed by atoms with van der Waals surface area (Å²) in [5.41, 5.74) is 2.74. The van der Waals surface area contributed by atoms with Crippen molar-refractivity contribution >= 4 is 46.7 Å². The lowest BCUT2D eigenvalue weighted by Crippen LogP contribution is -2.54. The monoisotopic (exact) mass is 588 g/mol. The maximum atomic E-state index is 13.9. The van der Waals surface area contributed by atoms with Gasteiger partial charge in [-0.05, 0) is 48.4 Å². The number of carbonyl (C=O) groups is 3. The summed E-state index contributed by atoms with van der Waals surface area (Å²) >= 11 is 13.0. The van der Waals surface area contributed by atoms with Crippen LogP contribution in [0.1, 0.15) is 33.2 Å². The van der Waals surface area contributed by atoms with Crippen LogP contribution >= 0.6 is 23.2 Å². The number of amides is 2. The van der Waals surface area contributed by atoms with E-state index in [4.69, 9.17) is 27.9 Å². The Kier molecular flexibility index (Phi) is 8.69. The van der Waals surface area contributed by atoms with Gasteiger partial charge in [0, 0.05) is 32.4 Å². The molecule has 5 rings (SSSR count). The number of carboxylic acids is 1. The van der Waals surface area contributed by atoms with Gasteiger partial charge >= 0.3 is 5.97 Å². The van der Waals surface area contributed by atoms with Crippen molar-refractivity contribution in [1.29, 1.82) is 0 Å². The fourth-order valence-corrected chi connectivity index (χ4v) is 5.43. The molecule has 9 heteroatoms. The van der Waals surface area contributed by atoms with Crippen molar-refractivity contribution in [2.45, 2.75) is 24.7 Å². The van der Waals surface area contributed by atoms with Gasteiger partial charge in [-0.3, -0.25) is 14.4 Å². The first-order valence-electron chi connectivity index (χ1n) is 12.9. The summed E-state index contributed by atoms with van der Waals surface area (Å²) in [6.07, 6.45) is -1.98. The van der Waals surface area contributed by atoms with E-state index in [0.29, 0.717) is 32.4 Å². The second kappa shape index (κ2) is 12.6. The minimum Gasteiger partial charge on any atom is -0.480 e. The molecule has 7 nitrogen and oxygen atoms in total. The molecule has 0 fully saturated rings. The summed E-state index contributed by atoms with van der Waals surface area (Å²) in [5, 5.41) is 13.7. The van der Waals surface area contributed by atoms with Crippen LogP contribution in [0.25, 0.3) is 0 Å². The third-order valence-electron chi connectivity index (χ3n) is 6.91. The summed E-state index contributed by atoms with van der Waals surface area (Å²) < 4.78 is 6.61. The molecule has 0 aromatic heterocycles. The second-order valence-electron chi connectivity index (χ2n) is 9.63. The summed E-state index contributed by atoms with van der Waals surface area (Å²) in [6.45, 7) is -0.645. The summed E-state index contributed by atoms with van der Waals surface area (Å²) in [7, 11) is 0. The van der Waals surface area contributed by atoms with Crippen molar-refractivity contribution in [2.75, 3.05) is 11.9 Å². The van der Waals surface area contributed by atoms with Crippen molar-refractivity contribution in [3.8, 4) is 0 Å². The number of fused-ring (bicyclic) bond motifs is 1. The van der Waals surface area contributed by atoms with Crippen molar-refractivity contribution in [3.63, 3.8) is 0 Å². The van der Waals surface area contributed by atoms with E-state index >= 15 is 0 Å². The van der Waals surface area contributed by atoms with Gasteiger partial charge in [-0.15, -0.1) is 0 Å². The molecule has 1 unspecified atom stereocenters. The quantitative estimate of drug-likeness (QED) is 0.253. The first-order valence-corrected chi connectivity index (χ1v) is 13.7. The van der Waals surface area contributed by atoms with Crippen LogP contribution in [0.4, 0.5) is 5.69 Å². The Bertz CT molecular complexity index is 1570. The van der Waals surface area contributed by atoms with Crippen molar-refractivity contribution in [3.05, 3.63) is 135 Å². The van der Waals surface area contributed by atoms with E-state index in [1.54, 1.807) is 72.8 Å². The number of aliphatic carboxylic acids is 1. The van der Waals surface area contributed by atoms with E-state index in [2.05, 4.69) is 5.32 Å². The molecule has 0 aliphatic carbocycles. The molecular weight excluding hydrogens is 563 g/mol. The number of carbonyl (C=O) groups excluding carboxylic acids is 2. The van der Waals surface area contributed by atoms with E-state index in [0.717, 1.165) is 5.56 Å². The lowest BCUT2D eigenvalue weighted by atomic mass is 9.97. The lowest BCUT2D eigenvalue weighted by molar-refractivity contribution is -0.142. The predicted molar refractivity (Wildman–Crippen MR) is 157 cm³/mol. The maximum absolute atomic E-state index is 13.9. The molecule has 3 atom stereocenters. The zero-order valence-corrected chi connectivity index (χ0v) is 23.3. The number of halogens is 2. The van der Waals surface area contributed by atoms with Crippen LogP contribution in [0.5, 0.6) is 0 Å². The molecule has 41 heavy (non-hydrogen) atoms. The zero-order chi connectivity index (χ0) is 28.9. The summed E-state index contributed by atoms with van der Waals surface area (Å²) in [4.78, 5) is 41.1. The highest BCUT2D eigenvalue weighted by Gasteiger charge is 2.42. The Hall–Kier alpha value is -4.17. The molecule has 0 saturated heterocycles. The number of hydrogen-bond donors (Lipinski definition) is 2. The largest absolute Gasteiger partial charge is 0.480 e. The summed E-state index contributed by atoms with van der Waals surface area (Å²) in [6, 6.07) is 28.7. The highest BCUT2D eigenvalue weighted by atomic mass is 35.5. The van der Waals surface area contributed by atoms with Crippen LogP contribution in [0, 0.1) is 0 Å². The third-order valence-corrected chi connectivity index (χ3v) is 7.49. The molecule has 0 bridgehead atoms. The van der Waals surface area contributed by atoms with Gasteiger partial charge in [0.25, 0.3) is 11.8 Å². The Morgan fingerprint density at radius 3 is 2.22 bits per heavy atom. The van der Waals surface area contributed by atoms with Crippen LogP contribution in [0.3, 0.4) is 0 Å². The Balaban J connectivity index is 1.65. The molecule has 1 aliphatic rings. The SMILES string of the molecule is O=C(O)CN(C(=O)c1ccccc1)C(Cc1ccccc1)[C@@H]1O[C@@H](c2ccccc2Cl)c2cc(Cl)ccc2NC1=O. The molecular formula is C32H26Cl2N2O5. The predicted octanol–water partition coefficient (Wildman–Crippen LogP) is 6.26. The molecule has 1 aliphatic heterocycles. The Labute approximate surface area is 247 Å². The molecule has 208 valence electrons. The van der Waals surface area contributed by atoms with Gasteiger partial charge in [0.05, 0.1) is 6.04 Å². The first kappa shape index (κ1) is 28.4. The fourth-order valence-electron chi connectivity index (χ4n) is 5.01. The van der Waals surface area contributed by atoms with E-state index in [1.807, 2.05) is 30.3 Å². The van der Waals surface area contributed by atoms with Gasteiger partial charge in [-0.1, -0.05) is 89.9 Å². The van der Waals surface area contributed by atoms with Crippen LogP contribution < -0.4 is 5.32 Å². The highest BCUT2D eigenvalue weighted by molar-refractivity contribution is 6.31. The minimum atomic E-state index is -1.28. The highest BCUT2D eigenvalue weighted by Crippen LogP contribution is 2.40. The standard InChI is InChI=1S/C32H26Cl2N2O5/c33-22-15-16-26-24(18-22)29(23-13-7-8-14-25(23)34)41-30(31(39)35-26)27(17-20-9-3-1-4-10-20)36(19-28(37)38)32(40)21-11-5-2-6-12-21/h1-16,18,27,29-30H,17,19H2,(H,35,39)(H,37,38)/t27?,29-,30-/m0/s1. The van der Waals surface area contributed by atoms with E-state index in [1.165, 1.54) is 4.90 Å². The summed E-state index contributed by atoms with van der Waals surface area (Å²) in [5.74, 6) is -2.29. The molecule has 2 N–H and O–H groups in total. The third kappa shape index (κ3) is 6.43. The number of nitrogens with one attached hydrogen (secondary N) is 1. The Morgan fingerprint density at radius 2 is 1.54 bits per heavy atom. The number of benzene rings is 4. The first-order chi connectivity index (χ1) is 19.8. The molecule has 0 radical (unpaired) electrons. The maximum Gasteiger partial charge on any atom is 0.323 e. The van der Waals surface area contributed by atoms with Gasteiger partial charge in [0.15, 0.2) is 6.10 Å². The minimum absolute atomic E-state index is 0.150. The second-order valence-corrected chi connectivity index (χ2v) is 10.5. The van der Waals surface area contributed by atoms with Crippen LogP contribution in [-0.2, 0) is 20.7 Å². The van der Waals surface area contributed by atoms with E-state index in [9.17, 15) is 19.5 Å². The number of nitrogens with zero attached hydrogens (tertiary/aromatic N) is 1. The topological polar surface area (TPSA) is 95.9 Å². The molecule has 1 heterocycles. The van der Waals surface area contributed by atoms with Crippen LogP contribution in [-0.4, -0.2) is 46.5 Å². The zero-order valence-electron chi connectivity index (χ0n) is 21.7. The molecule has 0 saturated carbocycles. The molecule has 4 aromatic carbocycles. The van der Waals surface area contributed by atoms with Gasteiger partial charge in [-0.2, -0.15) is 0 Å². The van der Waals surface area contributed by atoms with Gasteiger partial charge in [0.1, 0.15) is 12.6 Å². The average molecular weight is 589 g/mol. The number of ether oxygens (including phenoxy) is 1. The number of anilines is 1. The fraction of sp³-hybridized carbons (Fsp3) is 0.156. The van der Waals surface area contributed by atoms with E-state index in [-0.39, 0.29) is 6.42 Å². The van der Waals surface area contributed by atoms with Crippen molar-refractivity contribution < 1.29 is 24.2 Å². The molecule has 2 amide bonds. The smallest absolute Gasteiger partial charge is 0.323 e. The average Bonchev–Trinajstić information content (AvgIpc) is 3.11. The van der Waals surface area contributed by atoms with Crippen molar-refractivity contribution in [1.82, 2.24) is 4.90 Å². The van der Waals surface area contributed by atoms with Crippen LogP contribution in [0.2, 0.25) is 10.0 Å². The van der Waals surface area contributed by atoms with Gasteiger partial charge < -0.3 is 20.1 Å². The van der Waals surface area contributed by atoms with Crippen LogP contribution in [0.15, 0.2) is 103 Å². The lowest BCUT2D eigenvalue weighted by Gasteiger charge is -2.36. The number of rotatable bonds is 8. The number of hydrogen-bond acceptors (Lipinski definition) is 4. The van der Waals surface area contributed by atoms with E-state index < -0.39 is 42.6 Å². The normalized spacial score (nSPS) is 17.1. The molecule has 0 spiro atoms.